The number of carbonyl (C=O) groups is 2. The van der Waals surface area contributed by atoms with Gasteiger partial charge in [-0.15, -0.1) is 0 Å². The summed E-state index contributed by atoms with van der Waals surface area (Å²) in [7, 11) is 1.58. The lowest BCUT2D eigenvalue weighted by atomic mass is 10.0. The molecular weight excluding hydrogens is 354 g/mol. The number of benzene rings is 2. The molecule has 6 nitrogen and oxygen atoms in total. The molecule has 2 amide bonds. The van der Waals surface area contributed by atoms with Crippen LogP contribution in [0.25, 0.3) is 0 Å². The summed E-state index contributed by atoms with van der Waals surface area (Å²) in [6.07, 6.45) is 3.56. The van der Waals surface area contributed by atoms with E-state index >= 15 is 0 Å². The minimum Gasteiger partial charge on any atom is -0.497 e. The van der Waals surface area contributed by atoms with Gasteiger partial charge in [0.15, 0.2) is 0 Å². The summed E-state index contributed by atoms with van der Waals surface area (Å²) < 4.78 is 5.18. The van der Waals surface area contributed by atoms with Crippen molar-refractivity contribution in [2.45, 2.75) is 25.7 Å². The van der Waals surface area contributed by atoms with Gasteiger partial charge in [-0.3, -0.25) is 9.59 Å². The van der Waals surface area contributed by atoms with E-state index in [0.29, 0.717) is 30.0 Å². The number of hydrogen-bond donors (Lipinski definition) is 2. The summed E-state index contributed by atoms with van der Waals surface area (Å²) >= 11 is 0. The fourth-order valence-electron chi connectivity index (χ4n) is 3.62. The molecule has 2 aromatic carbocycles. The molecule has 1 heterocycles. The van der Waals surface area contributed by atoms with Crippen LogP contribution >= 0.6 is 0 Å². The van der Waals surface area contributed by atoms with Crippen LogP contribution in [0.1, 0.15) is 25.7 Å². The molecule has 0 aromatic heterocycles. The average Bonchev–Trinajstić information content (AvgIpc) is 3.36. The highest BCUT2D eigenvalue weighted by Crippen LogP contribution is 2.47. The van der Waals surface area contributed by atoms with E-state index in [1.54, 1.807) is 31.4 Å². The zero-order valence-electron chi connectivity index (χ0n) is 16.0. The largest absolute Gasteiger partial charge is 0.497 e. The summed E-state index contributed by atoms with van der Waals surface area (Å²) in [4.78, 5) is 27.9. The minimum atomic E-state index is -0.989. The van der Waals surface area contributed by atoms with Gasteiger partial charge in [-0.05, 0) is 62.1 Å². The molecule has 0 unspecified atom stereocenters. The number of anilines is 3. The van der Waals surface area contributed by atoms with Gasteiger partial charge in [-0.25, -0.2) is 0 Å². The third-order valence-electron chi connectivity index (χ3n) is 5.54. The highest BCUT2D eigenvalue weighted by atomic mass is 16.5. The Kier molecular flexibility index (Phi) is 4.94. The zero-order chi connectivity index (χ0) is 19.6. The van der Waals surface area contributed by atoms with Gasteiger partial charge >= 0.3 is 0 Å². The number of ether oxygens (including phenoxy) is 1. The van der Waals surface area contributed by atoms with Crippen molar-refractivity contribution in [3.63, 3.8) is 0 Å². The molecule has 0 spiro atoms. The smallest absolute Gasteiger partial charge is 0.240 e. The fourth-order valence-corrected chi connectivity index (χ4v) is 3.62. The third kappa shape index (κ3) is 3.67. The van der Waals surface area contributed by atoms with Crippen LogP contribution in [0.3, 0.4) is 0 Å². The van der Waals surface area contributed by atoms with Gasteiger partial charge in [0.1, 0.15) is 11.2 Å². The normalized spacial score (nSPS) is 17.1. The second-order valence-corrected chi connectivity index (χ2v) is 7.46. The maximum absolute atomic E-state index is 12.8. The van der Waals surface area contributed by atoms with Crippen molar-refractivity contribution in [3.8, 4) is 5.75 Å². The Morgan fingerprint density at radius 3 is 2.18 bits per heavy atom. The van der Waals surface area contributed by atoms with Gasteiger partial charge < -0.3 is 20.3 Å². The minimum absolute atomic E-state index is 0.248. The summed E-state index contributed by atoms with van der Waals surface area (Å²) in [5, 5.41) is 5.75. The molecule has 2 aliphatic rings. The van der Waals surface area contributed by atoms with E-state index in [2.05, 4.69) is 15.5 Å². The van der Waals surface area contributed by atoms with Crippen LogP contribution in [0.2, 0.25) is 0 Å². The van der Waals surface area contributed by atoms with Gasteiger partial charge in [0, 0.05) is 36.2 Å². The van der Waals surface area contributed by atoms with Crippen molar-refractivity contribution >= 4 is 28.9 Å². The Bertz CT molecular complexity index is 869. The maximum Gasteiger partial charge on any atom is 0.240 e. The van der Waals surface area contributed by atoms with Crippen molar-refractivity contribution in [2.75, 3.05) is 35.7 Å². The van der Waals surface area contributed by atoms with E-state index in [0.717, 1.165) is 13.1 Å². The first-order valence-electron chi connectivity index (χ1n) is 9.73. The summed E-state index contributed by atoms with van der Waals surface area (Å²) in [6.45, 7) is 2.17. The van der Waals surface area contributed by atoms with E-state index in [1.165, 1.54) is 18.5 Å². The molecule has 2 fully saturated rings. The Labute approximate surface area is 164 Å². The van der Waals surface area contributed by atoms with Crippen LogP contribution < -0.4 is 20.3 Å². The molecule has 1 saturated heterocycles. The molecule has 2 N–H and O–H groups in total. The summed E-state index contributed by atoms with van der Waals surface area (Å²) in [5.74, 6) is 0.138. The van der Waals surface area contributed by atoms with Crippen molar-refractivity contribution in [1.29, 1.82) is 0 Å². The monoisotopic (exact) mass is 379 g/mol. The Hall–Kier alpha value is -3.02. The molecule has 6 heteroatoms. The third-order valence-corrected chi connectivity index (χ3v) is 5.54. The van der Waals surface area contributed by atoms with Crippen LogP contribution in [0.5, 0.6) is 5.75 Å². The number of rotatable bonds is 6. The van der Waals surface area contributed by atoms with E-state index < -0.39 is 5.41 Å². The maximum atomic E-state index is 12.8. The molecular formula is C22H25N3O3. The lowest BCUT2D eigenvalue weighted by molar-refractivity contribution is -0.131. The Morgan fingerprint density at radius 2 is 1.57 bits per heavy atom. The highest BCUT2D eigenvalue weighted by molar-refractivity contribution is 6.16. The molecule has 1 saturated carbocycles. The lowest BCUT2D eigenvalue weighted by Gasteiger charge is -2.19. The molecule has 1 aliphatic carbocycles. The molecule has 146 valence electrons. The SMILES string of the molecule is COc1cccc(NC(=O)C2(C(=O)Nc3ccc(N4CCCC4)cc3)CC2)c1. The van der Waals surface area contributed by atoms with E-state index in [1.807, 2.05) is 24.3 Å². The summed E-state index contributed by atoms with van der Waals surface area (Å²) in [5.41, 5.74) is 1.52. The number of carbonyl (C=O) groups excluding carboxylic acids is 2. The molecule has 1 aliphatic heterocycles. The number of amides is 2. The van der Waals surface area contributed by atoms with Crippen LogP contribution in [0, 0.1) is 5.41 Å². The topological polar surface area (TPSA) is 70.7 Å². The van der Waals surface area contributed by atoms with Crippen molar-refractivity contribution in [1.82, 2.24) is 0 Å². The quantitative estimate of drug-likeness (QED) is 0.752. The molecule has 2 aromatic rings. The van der Waals surface area contributed by atoms with Crippen LogP contribution in [0.4, 0.5) is 17.1 Å². The lowest BCUT2D eigenvalue weighted by Crippen LogP contribution is -2.35. The molecule has 0 atom stereocenters. The van der Waals surface area contributed by atoms with Gasteiger partial charge in [0.2, 0.25) is 11.8 Å². The van der Waals surface area contributed by atoms with E-state index in [9.17, 15) is 9.59 Å². The van der Waals surface area contributed by atoms with E-state index in [4.69, 9.17) is 4.74 Å². The predicted octanol–water partition coefficient (Wildman–Crippen LogP) is 3.65. The zero-order valence-corrected chi connectivity index (χ0v) is 16.0. The first-order chi connectivity index (χ1) is 13.6. The number of methoxy groups -OCH3 is 1. The van der Waals surface area contributed by atoms with Crippen molar-refractivity contribution in [2.24, 2.45) is 5.41 Å². The second kappa shape index (κ2) is 7.54. The van der Waals surface area contributed by atoms with Crippen LogP contribution in [-0.4, -0.2) is 32.0 Å². The van der Waals surface area contributed by atoms with Gasteiger partial charge in [0.05, 0.1) is 7.11 Å². The van der Waals surface area contributed by atoms with Crippen LogP contribution in [-0.2, 0) is 9.59 Å². The highest BCUT2D eigenvalue weighted by Gasteiger charge is 2.56. The standard InChI is InChI=1S/C22H25N3O3/c1-28-19-6-4-5-17(15-19)24-21(27)22(11-12-22)20(26)23-16-7-9-18(10-8-16)25-13-2-3-14-25/h4-10,15H,2-3,11-14H2,1H3,(H,23,26)(H,24,27). The second-order valence-electron chi connectivity index (χ2n) is 7.46. The van der Waals surface area contributed by atoms with Crippen LogP contribution in [0.15, 0.2) is 48.5 Å². The molecule has 0 radical (unpaired) electrons. The number of nitrogens with one attached hydrogen (secondary N) is 2. The van der Waals surface area contributed by atoms with E-state index in [-0.39, 0.29) is 11.8 Å². The first kappa shape index (κ1) is 18.3. The van der Waals surface area contributed by atoms with Crippen molar-refractivity contribution in [3.05, 3.63) is 48.5 Å². The fraction of sp³-hybridized carbons (Fsp3) is 0.364. The van der Waals surface area contributed by atoms with Gasteiger partial charge in [-0.1, -0.05) is 6.07 Å². The Morgan fingerprint density at radius 1 is 0.929 bits per heavy atom. The molecule has 0 bridgehead atoms. The molecule has 4 rings (SSSR count). The average molecular weight is 379 g/mol. The van der Waals surface area contributed by atoms with Gasteiger partial charge in [-0.2, -0.15) is 0 Å². The first-order valence-corrected chi connectivity index (χ1v) is 9.73. The van der Waals surface area contributed by atoms with Gasteiger partial charge in [0.25, 0.3) is 0 Å². The Balaban J connectivity index is 1.40. The predicted molar refractivity (Wildman–Crippen MR) is 110 cm³/mol. The van der Waals surface area contributed by atoms with Crippen molar-refractivity contribution < 1.29 is 14.3 Å². The molecule has 28 heavy (non-hydrogen) atoms. The number of hydrogen-bond acceptors (Lipinski definition) is 4. The number of nitrogens with zero attached hydrogens (tertiary/aromatic N) is 1. The summed E-state index contributed by atoms with van der Waals surface area (Å²) in [6, 6.07) is 15.0.